The van der Waals surface area contributed by atoms with Crippen molar-refractivity contribution in [3.63, 3.8) is 0 Å². The van der Waals surface area contributed by atoms with Crippen molar-refractivity contribution in [2.45, 2.75) is 26.4 Å². The lowest BCUT2D eigenvalue weighted by Gasteiger charge is -2.35. The first kappa shape index (κ1) is 17.9. The van der Waals surface area contributed by atoms with Crippen molar-refractivity contribution >= 4 is 17.5 Å². The Morgan fingerprint density at radius 3 is 2.64 bits per heavy atom. The van der Waals surface area contributed by atoms with Crippen LogP contribution in [0, 0.1) is 12.7 Å². The fourth-order valence-electron chi connectivity index (χ4n) is 3.00. The van der Waals surface area contributed by atoms with Crippen molar-refractivity contribution < 1.29 is 9.18 Å². The van der Waals surface area contributed by atoms with Gasteiger partial charge >= 0.3 is 0 Å². The minimum atomic E-state index is -0.323. The number of carbonyl (C=O) groups excluding carboxylic acids is 1. The van der Waals surface area contributed by atoms with Crippen molar-refractivity contribution in [2.24, 2.45) is 0 Å². The zero-order chi connectivity index (χ0) is 17.8. The number of hydrogen-bond acceptors (Lipinski definition) is 3. The van der Waals surface area contributed by atoms with Crippen molar-refractivity contribution in [1.29, 1.82) is 0 Å². The summed E-state index contributed by atoms with van der Waals surface area (Å²) in [6, 6.07) is 6.43. The van der Waals surface area contributed by atoms with E-state index in [2.05, 4.69) is 10.00 Å². The van der Waals surface area contributed by atoms with Gasteiger partial charge in [-0.2, -0.15) is 5.10 Å². The fraction of sp³-hybridized carbons (Fsp3) is 0.444. The quantitative estimate of drug-likeness (QED) is 0.819. The summed E-state index contributed by atoms with van der Waals surface area (Å²) in [4.78, 5) is 16.5. The Hall–Kier alpha value is -1.92. The molecule has 1 saturated heterocycles. The van der Waals surface area contributed by atoms with Crippen LogP contribution in [0.1, 0.15) is 17.7 Å². The first-order chi connectivity index (χ1) is 12.0. The molecule has 0 saturated carbocycles. The molecule has 2 heterocycles. The summed E-state index contributed by atoms with van der Waals surface area (Å²) in [6.07, 6.45) is 2.36. The summed E-state index contributed by atoms with van der Waals surface area (Å²) in [5.41, 5.74) is 1.87. The van der Waals surface area contributed by atoms with Crippen LogP contribution in [-0.2, 0) is 17.9 Å². The highest BCUT2D eigenvalue weighted by molar-refractivity contribution is 6.31. The Balaban J connectivity index is 1.45. The lowest BCUT2D eigenvalue weighted by molar-refractivity contribution is -0.133. The van der Waals surface area contributed by atoms with Crippen LogP contribution >= 0.6 is 11.6 Å². The first-order valence-electron chi connectivity index (χ1n) is 8.45. The Kier molecular flexibility index (Phi) is 5.71. The predicted molar refractivity (Wildman–Crippen MR) is 94.8 cm³/mol. The van der Waals surface area contributed by atoms with E-state index in [9.17, 15) is 9.18 Å². The molecule has 1 aliphatic rings. The maximum absolute atomic E-state index is 13.1. The highest BCUT2D eigenvalue weighted by Gasteiger charge is 2.21. The summed E-state index contributed by atoms with van der Waals surface area (Å²) >= 11 is 6.09. The lowest BCUT2D eigenvalue weighted by Crippen LogP contribution is -2.48. The van der Waals surface area contributed by atoms with Gasteiger partial charge in [-0.05, 0) is 30.7 Å². The largest absolute Gasteiger partial charge is 0.340 e. The van der Waals surface area contributed by atoms with Gasteiger partial charge in [0.05, 0.1) is 5.69 Å². The number of carbonyl (C=O) groups is 1. The van der Waals surface area contributed by atoms with Gasteiger partial charge in [-0.25, -0.2) is 4.39 Å². The van der Waals surface area contributed by atoms with Gasteiger partial charge in [0, 0.05) is 56.9 Å². The van der Waals surface area contributed by atoms with Crippen LogP contribution in [-0.4, -0.2) is 51.7 Å². The number of amides is 1. The summed E-state index contributed by atoms with van der Waals surface area (Å²) in [6.45, 7) is 6.21. The Labute approximate surface area is 152 Å². The molecule has 1 aliphatic heterocycles. The highest BCUT2D eigenvalue weighted by Crippen LogP contribution is 2.19. The predicted octanol–water partition coefficient (Wildman–Crippen LogP) is 2.72. The molecule has 0 radical (unpaired) electrons. The third-order valence-electron chi connectivity index (χ3n) is 4.46. The average molecular weight is 365 g/mol. The molecule has 0 unspecified atom stereocenters. The van der Waals surface area contributed by atoms with E-state index in [1.165, 1.54) is 12.1 Å². The van der Waals surface area contributed by atoms with Crippen LogP contribution in [0.2, 0.25) is 5.02 Å². The van der Waals surface area contributed by atoms with Gasteiger partial charge in [0.15, 0.2) is 0 Å². The van der Waals surface area contributed by atoms with Gasteiger partial charge in [-0.3, -0.25) is 14.4 Å². The molecule has 0 spiro atoms. The van der Waals surface area contributed by atoms with Crippen molar-refractivity contribution in [3.05, 3.63) is 52.6 Å². The van der Waals surface area contributed by atoms with E-state index in [1.807, 2.05) is 24.1 Å². The van der Waals surface area contributed by atoms with Gasteiger partial charge in [0.1, 0.15) is 5.82 Å². The molecule has 134 valence electrons. The number of benzene rings is 1. The van der Waals surface area contributed by atoms with E-state index in [4.69, 9.17) is 11.6 Å². The molecule has 0 atom stereocenters. The summed E-state index contributed by atoms with van der Waals surface area (Å²) in [7, 11) is 0. The van der Waals surface area contributed by atoms with Crippen LogP contribution < -0.4 is 0 Å². The van der Waals surface area contributed by atoms with Crippen molar-refractivity contribution in [3.8, 4) is 0 Å². The van der Waals surface area contributed by atoms with Crippen LogP contribution in [0.4, 0.5) is 4.39 Å². The van der Waals surface area contributed by atoms with Gasteiger partial charge < -0.3 is 4.90 Å². The highest BCUT2D eigenvalue weighted by atomic mass is 35.5. The molecule has 0 N–H and O–H groups in total. The van der Waals surface area contributed by atoms with E-state index >= 15 is 0 Å². The molecule has 0 bridgehead atoms. The number of nitrogens with zero attached hydrogens (tertiary/aromatic N) is 4. The lowest BCUT2D eigenvalue weighted by atomic mass is 10.2. The normalized spacial score (nSPS) is 15.6. The zero-order valence-corrected chi connectivity index (χ0v) is 15.0. The van der Waals surface area contributed by atoms with Gasteiger partial charge in [-0.15, -0.1) is 0 Å². The molecule has 25 heavy (non-hydrogen) atoms. The Morgan fingerprint density at radius 2 is 2.00 bits per heavy atom. The zero-order valence-electron chi connectivity index (χ0n) is 14.3. The molecule has 0 aliphatic carbocycles. The van der Waals surface area contributed by atoms with Crippen molar-refractivity contribution in [1.82, 2.24) is 19.6 Å². The molecular weight excluding hydrogens is 343 g/mol. The molecule has 1 amide bonds. The molecule has 1 fully saturated rings. The first-order valence-corrected chi connectivity index (χ1v) is 8.83. The van der Waals surface area contributed by atoms with Crippen LogP contribution in [0.3, 0.4) is 0 Å². The number of piperazine rings is 1. The van der Waals surface area contributed by atoms with E-state index < -0.39 is 0 Å². The standard InChI is InChI=1S/C18H22ClFN4O/c1-14-4-6-24(21-14)7-5-18(25)23-10-8-22(9-11-23)13-15-2-3-16(20)12-17(15)19/h2-4,6,12H,5,7-11,13H2,1H3. The van der Waals surface area contributed by atoms with Crippen LogP contribution in [0.25, 0.3) is 0 Å². The SMILES string of the molecule is Cc1ccn(CCC(=O)N2CCN(Cc3ccc(F)cc3Cl)CC2)n1. The Bertz CT molecular complexity index is 740. The summed E-state index contributed by atoms with van der Waals surface area (Å²) in [5.74, 6) is -0.163. The van der Waals surface area contributed by atoms with E-state index in [1.54, 1.807) is 10.7 Å². The molecule has 1 aromatic carbocycles. The molecule has 1 aromatic heterocycles. The minimum absolute atomic E-state index is 0.160. The number of aryl methyl sites for hydroxylation is 2. The third-order valence-corrected chi connectivity index (χ3v) is 4.81. The minimum Gasteiger partial charge on any atom is -0.340 e. The maximum Gasteiger partial charge on any atom is 0.224 e. The second-order valence-corrected chi connectivity index (χ2v) is 6.77. The average Bonchev–Trinajstić information content (AvgIpc) is 3.01. The van der Waals surface area contributed by atoms with Crippen molar-refractivity contribution in [2.75, 3.05) is 26.2 Å². The fourth-order valence-corrected chi connectivity index (χ4v) is 3.23. The van der Waals surface area contributed by atoms with Crippen LogP contribution in [0.15, 0.2) is 30.5 Å². The smallest absolute Gasteiger partial charge is 0.224 e. The van der Waals surface area contributed by atoms with Gasteiger partial charge in [0.25, 0.3) is 0 Å². The number of rotatable bonds is 5. The topological polar surface area (TPSA) is 41.4 Å². The second kappa shape index (κ2) is 7.97. The second-order valence-electron chi connectivity index (χ2n) is 6.36. The summed E-state index contributed by atoms with van der Waals surface area (Å²) in [5, 5.41) is 4.75. The number of hydrogen-bond donors (Lipinski definition) is 0. The van der Waals surface area contributed by atoms with E-state index in [0.29, 0.717) is 37.6 Å². The van der Waals surface area contributed by atoms with E-state index in [0.717, 1.165) is 24.3 Å². The molecule has 7 heteroatoms. The third kappa shape index (κ3) is 4.80. The molecule has 2 aromatic rings. The maximum atomic E-state index is 13.1. The van der Waals surface area contributed by atoms with Crippen LogP contribution in [0.5, 0.6) is 0 Å². The molecule has 5 nitrogen and oxygen atoms in total. The number of aromatic nitrogens is 2. The Morgan fingerprint density at radius 1 is 1.24 bits per heavy atom. The van der Waals surface area contributed by atoms with E-state index in [-0.39, 0.29) is 11.7 Å². The number of halogens is 2. The van der Waals surface area contributed by atoms with Gasteiger partial charge in [0.2, 0.25) is 5.91 Å². The summed E-state index contributed by atoms with van der Waals surface area (Å²) < 4.78 is 14.9. The molecular formula is C18H22ClFN4O. The monoisotopic (exact) mass is 364 g/mol. The molecule has 3 rings (SSSR count). The van der Waals surface area contributed by atoms with Gasteiger partial charge in [-0.1, -0.05) is 17.7 Å².